The lowest BCUT2D eigenvalue weighted by atomic mass is 9.44. The monoisotopic (exact) mass is 871 g/mol. The zero-order chi connectivity index (χ0) is 46.1. The fraction of sp³-hybridized carbons (Fsp3) is 0.659. The quantitative estimate of drug-likeness (QED) is 0.173. The van der Waals surface area contributed by atoms with Gasteiger partial charge in [-0.15, -0.1) is 0 Å². The van der Waals surface area contributed by atoms with E-state index in [1.54, 1.807) is 66.7 Å². The van der Waals surface area contributed by atoms with E-state index in [9.17, 15) is 39.0 Å². The van der Waals surface area contributed by atoms with Crippen molar-refractivity contribution in [1.82, 2.24) is 5.32 Å². The van der Waals surface area contributed by atoms with E-state index in [2.05, 4.69) is 5.32 Å². The van der Waals surface area contributed by atoms with Gasteiger partial charge in [-0.05, 0) is 70.2 Å². The van der Waals surface area contributed by atoms with E-state index in [0.717, 1.165) is 13.8 Å². The molecule has 0 radical (unpaired) electrons. The Morgan fingerprint density at radius 2 is 1.61 bits per heavy atom. The van der Waals surface area contributed by atoms with Gasteiger partial charge < -0.3 is 53.4 Å². The van der Waals surface area contributed by atoms with Gasteiger partial charge in [-0.25, -0.2) is 19.2 Å². The summed E-state index contributed by atoms with van der Waals surface area (Å²) in [5.41, 5.74) is -8.99. The summed E-state index contributed by atoms with van der Waals surface area (Å²) in [6.07, 6.45) is -14.5. The molecule has 1 spiro atoms. The summed E-state index contributed by atoms with van der Waals surface area (Å²) in [6.45, 7) is 16.2. The molecule has 1 aromatic rings. The minimum atomic E-state index is -2.36. The third kappa shape index (κ3) is 7.61. The van der Waals surface area contributed by atoms with Gasteiger partial charge in [0.1, 0.15) is 11.7 Å². The fourth-order valence-corrected chi connectivity index (χ4v) is 10.4. The highest BCUT2D eigenvalue weighted by molar-refractivity contribution is 5.96. The van der Waals surface area contributed by atoms with E-state index in [1.165, 1.54) is 26.0 Å². The Labute approximate surface area is 359 Å². The highest BCUT2D eigenvalue weighted by Crippen LogP contribution is 2.67. The number of carbonyl (C=O) groups is 7. The molecule has 62 heavy (non-hydrogen) atoms. The summed E-state index contributed by atoms with van der Waals surface area (Å²) in [6, 6.07) is 6.47. The number of nitrogens with one attached hydrogen (secondary N) is 1. The van der Waals surface area contributed by atoms with Crippen molar-refractivity contribution in [3.63, 3.8) is 0 Å². The van der Waals surface area contributed by atoms with Crippen molar-refractivity contribution < 1.29 is 81.7 Å². The first-order valence-electron chi connectivity index (χ1n) is 20.7. The van der Waals surface area contributed by atoms with Crippen LogP contribution < -0.4 is 5.32 Å². The topological polar surface area (TPSA) is 246 Å². The molecule has 4 fully saturated rings. The second kappa shape index (κ2) is 16.2. The molecule has 2 aliphatic heterocycles. The molecule has 18 heteroatoms. The smallest absolute Gasteiger partial charge is 0.454 e. The Kier molecular flexibility index (Phi) is 12.2. The standard InChI is InChI=1S/C44H57NO17/c1-20(2)17-25(45-38(53)61-40(6,7)8)29(49)37(52)57-30-21(3)28-31(56-22(4)46)33(50)42(11)26(48)18-27-43(19-55-27,60-23(5)47)32(42)35(58-36(51)24-15-13-12-14-16-24)44(41(28,9)10)34(30)59-39(54)62-44/h12-16,20,25-27,29-32,34-35,48-49H,17-19H2,1-11H3,(H,45,53)/t25-,26+,27+,29+,30?,31?,32-,34-,35-,42+,43-,44+/m0/s1. The molecule has 0 aromatic heterocycles. The zero-order valence-corrected chi connectivity index (χ0v) is 36.8. The maximum Gasteiger partial charge on any atom is 0.509 e. The van der Waals surface area contributed by atoms with Crippen LogP contribution in [0.5, 0.6) is 0 Å². The number of hydrogen-bond donors (Lipinski definition) is 3. The van der Waals surface area contributed by atoms with Crippen molar-refractivity contribution >= 4 is 41.9 Å². The van der Waals surface area contributed by atoms with E-state index >= 15 is 4.79 Å². The van der Waals surface area contributed by atoms with Crippen LogP contribution in [-0.2, 0) is 57.1 Å². The first-order valence-corrected chi connectivity index (χ1v) is 20.7. The molecule has 2 heterocycles. The molecule has 2 saturated carbocycles. The van der Waals surface area contributed by atoms with E-state index in [1.807, 2.05) is 0 Å². The minimum Gasteiger partial charge on any atom is -0.454 e. The van der Waals surface area contributed by atoms with Crippen molar-refractivity contribution in [3.05, 3.63) is 47.0 Å². The van der Waals surface area contributed by atoms with Gasteiger partial charge in [0.2, 0.25) is 5.60 Å². The Hall–Kier alpha value is -5.07. The Bertz CT molecular complexity index is 2040. The number of rotatable bonds is 10. The van der Waals surface area contributed by atoms with Gasteiger partial charge in [0.25, 0.3) is 0 Å². The minimum absolute atomic E-state index is 0.0261. The Morgan fingerprint density at radius 3 is 2.16 bits per heavy atom. The highest BCUT2D eigenvalue weighted by atomic mass is 16.8. The molecule has 3 N–H and O–H groups in total. The van der Waals surface area contributed by atoms with Crippen LogP contribution in [0, 0.1) is 22.7 Å². The molecular formula is C44H57NO17. The van der Waals surface area contributed by atoms with Crippen LogP contribution in [0.15, 0.2) is 41.5 Å². The summed E-state index contributed by atoms with van der Waals surface area (Å²) in [5.74, 6) is -6.73. The van der Waals surface area contributed by atoms with Crippen LogP contribution in [0.3, 0.4) is 0 Å². The number of ether oxygens (including phenoxy) is 8. The number of aliphatic hydroxyl groups excluding tert-OH is 2. The number of alkyl carbamates (subject to hydrolysis) is 1. The normalized spacial score (nSPS) is 34.2. The van der Waals surface area contributed by atoms with Gasteiger partial charge >= 0.3 is 36.1 Å². The molecule has 6 rings (SSSR count). The number of carbonyl (C=O) groups excluding carboxylic acids is 7. The molecule has 2 saturated heterocycles. The van der Waals surface area contributed by atoms with Gasteiger partial charge in [-0.3, -0.25) is 14.4 Å². The van der Waals surface area contributed by atoms with Gasteiger partial charge in [0, 0.05) is 25.7 Å². The number of ketones is 1. The molecule has 18 nitrogen and oxygen atoms in total. The van der Waals surface area contributed by atoms with Crippen LogP contribution in [-0.4, -0.2) is 124 Å². The van der Waals surface area contributed by atoms with Gasteiger partial charge in [-0.1, -0.05) is 45.9 Å². The number of amides is 1. The number of esters is 4. The largest absolute Gasteiger partial charge is 0.509 e. The van der Waals surface area contributed by atoms with E-state index in [0.29, 0.717) is 0 Å². The van der Waals surface area contributed by atoms with E-state index in [4.69, 9.17) is 37.9 Å². The average Bonchev–Trinajstić information content (AvgIpc) is 3.52. The second-order valence-corrected chi connectivity index (χ2v) is 19.0. The van der Waals surface area contributed by atoms with Crippen molar-refractivity contribution in [1.29, 1.82) is 0 Å². The summed E-state index contributed by atoms with van der Waals surface area (Å²) in [4.78, 5) is 97.3. The molecule has 1 amide bonds. The zero-order valence-electron chi connectivity index (χ0n) is 36.8. The number of aliphatic hydroxyl groups is 2. The maximum absolute atomic E-state index is 15.6. The first-order chi connectivity index (χ1) is 28.7. The first kappa shape index (κ1) is 46.4. The van der Waals surface area contributed by atoms with Crippen LogP contribution in [0.25, 0.3) is 0 Å². The third-order valence-corrected chi connectivity index (χ3v) is 12.9. The van der Waals surface area contributed by atoms with Crippen LogP contribution >= 0.6 is 0 Å². The number of hydrogen-bond acceptors (Lipinski definition) is 17. The SMILES string of the molecule is CC(=O)OC1C(=O)[C@]2(C)[C@H](O)C[C@H]3OC[C@@]3(OC(C)=O)[C@H]2[C@H](OC(=O)c2ccccc2)[C@]23OC(=O)O[C@H]2C(OC(=O)[C@H](O)[C@H](CC(C)C)NC(=O)OC(C)(C)C)C(C)=C1C3(C)C. The van der Waals surface area contributed by atoms with Gasteiger partial charge in [-0.2, -0.15) is 0 Å². The molecule has 2 bridgehead atoms. The van der Waals surface area contributed by atoms with Crippen LogP contribution in [0.1, 0.15) is 99.4 Å². The van der Waals surface area contributed by atoms with Gasteiger partial charge in [0.15, 0.2) is 41.9 Å². The van der Waals surface area contributed by atoms with Crippen LogP contribution in [0.4, 0.5) is 9.59 Å². The Morgan fingerprint density at radius 1 is 0.968 bits per heavy atom. The van der Waals surface area contributed by atoms with Gasteiger partial charge in [0.05, 0.1) is 35.6 Å². The number of fused-ring (bicyclic) bond motifs is 4. The molecule has 5 aliphatic rings. The molecular weight excluding hydrogens is 814 g/mol. The molecule has 1 aromatic carbocycles. The maximum atomic E-state index is 15.6. The lowest BCUT2D eigenvalue weighted by Crippen LogP contribution is -2.83. The molecule has 12 atom stereocenters. The second-order valence-electron chi connectivity index (χ2n) is 19.0. The lowest BCUT2D eigenvalue weighted by Gasteiger charge is -2.67. The van der Waals surface area contributed by atoms with E-state index < -0.39 is 124 Å². The van der Waals surface area contributed by atoms with Crippen molar-refractivity contribution in [2.45, 2.75) is 155 Å². The van der Waals surface area contributed by atoms with Crippen molar-refractivity contribution in [2.24, 2.45) is 22.7 Å². The van der Waals surface area contributed by atoms with Crippen molar-refractivity contribution in [2.75, 3.05) is 6.61 Å². The molecule has 2 unspecified atom stereocenters. The Balaban J connectivity index is 1.61. The lowest BCUT2D eigenvalue weighted by molar-refractivity contribution is -0.345. The highest BCUT2D eigenvalue weighted by Gasteiger charge is 2.83. The molecule has 340 valence electrons. The summed E-state index contributed by atoms with van der Waals surface area (Å²) < 4.78 is 48.1. The summed E-state index contributed by atoms with van der Waals surface area (Å²) in [5, 5.41) is 26.3. The summed E-state index contributed by atoms with van der Waals surface area (Å²) in [7, 11) is 0. The summed E-state index contributed by atoms with van der Waals surface area (Å²) >= 11 is 0. The van der Waals surface area contributed by atoms with E-state index in [-0.39, 0.29) is 42.1 Å². The predicted molar refractivity (Wildman–Crippen MR) is 212 cm³/mol. The van der Waals surface area contributed by atoms with Crippen molar-refractivity contribution in [3.8, 4) is 0 Å². The fourth-order valence-electron chi connectivity index (χ4n) is 10.4. The number of Topliss-reactive ketones (excluding diaryl/α,β-unsaturated/α-hetero) is 1. The van der Waals surface area contributed by atoms with Crippen LogP contribution in [0.2, 0.25) is 0 Å². The number of benzene rings is 1. The third-order valence-electron chi connectivity index (χ3n) is 12.9. The average molecular weight is 872 g/mol. The predicted octanol–water partition coefficient (Wildman–Crippen LogP) is 3.66. The molecule has 3 aliphatic carbocycles.